The van der Waals surface area contributed by atoms with Crippen molar-refractivity contribution in [2.24, 2.45) is 0 Å². The van der Waals surface area contributed by atoms with Crippen LogP contribution >= 0.6 is 0 Å². The van der Waals surface area contributed by atoms with Crippen LogP contribution < -0.4 is 4.90 Å². The molecule has 20 heavy (non-hydrogen) atoms. The maximum Gasteiger partial charge on any atom is 0.151 e. The number of fused-ring (bicyclic) bond motifs is 1. The van der Waals surface area contributed by atoms with Crippen molar-refractivity contribution < 1.29 is 13.2 Å². The molecular weight excluding hydrogens is 265 g/mol. The predicted octanol–water partition coefficient (Wildman–Crippen LogP) is 3.67. The number of benzene rings is 2. The van der Waals surface area contributed by atoms with Crippen LogP contribution in [0.5, 0.6) is 0 Å². The minimum absolute atomic E-state index is 0.0811. The Bertz CT molecular complexity index is 711. The third kappa shape index (κ3) is 1.90. The van der Waals surface area contributed by atoms with E-state index in [-0.39, 0.29) is 11.3 Å². The molecule has 0 bridgehead atoms. The first kappa shape index (κ1) is 12.5. The van der Waals surface area contributed by atoms with Gasteiger partial charge in [-0.05, 0) is 36.2 Å². The summed E-state index contributed by atoms with van der Waals surface area (Å²) in [5.41, 5.74) is 0.984. The molecule has 2 aromatic carbocycles. The van der Waals surface area contributed by atoms with Gasteiger partial charge in [0, 0.05) is 12.2 Å². The summed E-state index contributed by atoms with van der Waals surface area (Å²) < 4.78 is 41.3. The molecule has 0 fully saturated rings. The summed E-state index contributed by atoms with van der Waals surface area (Å²) in [4.78, 5) is 1.41. The fraction of sp³-hybridized carbons (Fsp3) is 0.133. The molecule has 1 aliphatic heterocycles. The van der Waals surface area contributed by atoms with E-state index in [1.165, 1.54) is 17.0 Å². The number of hydrogen-bond acceptors (Lipinski definition) is 2. The number of hydrogen-bond donors (Lipinski definition) is 0. The topological polar surface area (TPSA) is 27.0 Å². The van der Waals surface area contributed by atoms with Crippen LogP contribution in [-0.4, -0.2) is 6.54 Å². The molecule has 5 heteroatoms. The molecule has 2 aromatic rings. The smallest absolute Gasteiger partial charge is 0.151 e. The fourth-order valence-corrected chi connectivity index (χ4v) is 2.47. The number of anilines is 2. The van der Waals surface area contributed by atoms with Crippen molar-refractivity contribution in [3.8, 4) is 6.07 Å². The second-order valence-electron chi connectivity index (χ2n) is 4.57. The van der Waals surface area contributed by atoms with Crippen LogP contribution in [0.3, 0.4) is 0 Å². The van der Waals surface area contributed by atoms with E-state index in [0.29, 0.717) is 18.7 Å². The number of rotatable bonds is 1. The lowest BCUT2D eigenvalue weighted by Gasteiger charge is -2.21. The van der Waals surface area contributed by atoms with Gasteiger partial charge in [-0.15, -0.1) is 0 Å². The molecule has 100 valence electrons. The van der Waals surface area contributed by atoms with Gasteiger partial charge in [-0.1, -0.05) is 6.07 Å². The second kappa shape index (κ2) is 4.57. The Kier molecular flexibility index (Phi) is 2.87. The van der Waals surface area contributed by atoms with Crippen LogP contribution in [-0.2, 0) is 6.42 Å². The summed E-state index contributed by atoms with van der Waals surface area (Å²) in [5, 5.41) is 8.69. The van der Waals surface area contributed by atoms with Gasteiger partial charge in [0.05, 0.1) is 11.6 Å². The maximum atomic E-state index is 14.0. The van der Waals surface area contributed by atoms with Crippen LogP contribution in [0.4, 0.5) is 24.5 Å². The van der Waals surface area contributed by atoms with Gasteiger partial charge in [0.1, 0.15) is 11.5 Å². The molecule has 0 aliphatic carbocycles. The van der Waals surface area contributed by atoms with Gasteiger partial charge in [0.25, 0.3) is 0 Å². The van der Waals surface area contributed by atoms with Crippen molar-refractivity contribution in [3.05, 3.63) is 58.9 Å². The molecule has 0 atom stereocenters. The molecule has 3 rings (SSSR count). The lowest BCUT2D eigenvalue weighted by molar-refractivity contribution is 0.580. The lowest BCUT2D eigenvalue weighted by atomic mass is 10.1. The Labute approximate surface area is 113 Å². The van der Waals surface area contributed by atoms with E-state index >= 15 is 0 Å². The fourth-order valence-electron chi connectivity index (χ4n) is 2.47. The minimum atomic E-state index is -0.821. The summed E-state index contributed by atoms with van der Waals surface area (Å²) in [6.07, 6.45) is 0.592. The summed E-state index contributed by atoms with van der Waals surface area (Å²) in [5.74, 6) is -2.09. The van der Waals surface area contributed by atoms with E-state index in [1.54, 1.807) is 12.1 Å². The van der Waals surface area contributed by atoms with Gasteiger partial charge in [-0.3, -0.25) is 0 Å². The van der Waals surface area contributed by atoms with Crippen LogP contribution in [0.25, 0.3) is 0 Å². The molecule has 0 unspecified atom stereocenters. The molecule has 1 aliphatic rings. The Morgan fingerprint density at radius 3 is 2.40 bits per heavy atom. The molecule has 0 aromatic heterocycles. The zero-order valence-corrected chi connectivity index (χ0v) is 10.3. The van der Waals surface area contributed by atoms with E-state index in [0.717, 1.165) is 17.7 Å². The van der Waals surface area contributed by atoms with E-state index in [2.05, 4.69) is 0 Å². The summed E-state index contributed by atoms with van der Waals surface area (Å²) in [6.45, 7) is 0.374. The van der Waals surface area contributed by atoms with Crippen LogP contribution in [0, 0.1) is 28.8 Å². The van der Waals surface area contributed by atoms with Gasteiger partial charge < -0.3 is 4.90 Å². The standard InChI is InChI=1S/C15H9F3N2/c16-11-2-1-10-3-4-20(14(10)7-11)15-12(17)5-9(8-19)6-13(15)18/h1-2,5-7H,3-4H2. The zero-order chi connectivity index (χ0) is 14.3. The maximum absolute atomic E-state index is 14.0. The van der Waals surface area contributed by atoms with Gasteiger partial charge in [0.15, 0.2) is 11.6 Å². The highest BCUT2D eigenvalue weighted by molar-refractivity contribution is 5.71. The number of nitriles is 1. The Morgan fingerprint density at radius 2 is 1.75 bits per heavy atom. The Hall–Kier alpha value is -2.48. The largest absolute Gasteiger partial charge is 0.336 e. The van der Waals surface area contributed by atoms with E-state index in [1.807, 2.05) is 0 Å². The van der Waals surface area contributed by atoms with E-state index < -0.39 is 17.5 Å². The number of halogens is 3. The molecule has 0 saturated heterocycles. The highest BCUT2D eigenvalue weighted by Crippen LogP contribution is 2.38. The SMILES string of the molecule is N#Cc1cc(F)c(N2CCc3ccc(F)cc32)c(F)c1. The Balaban J connectivity index is 2.14. The highest BCUT2D eigenvalue weighted by Gasteiger charge is 2.26. The summed E-state index contributed by atoms with van der Waals surface area (Å²) >= 11 is 0. The molecule has 0 spiro atoms. The molecule has 0 radical (unpaired) electrons. The normalized spacial score (nSPS) is 13.2. The van der Waals surface area contributed by atoms with Crippen LogP contribution in [0.1, 0.15) is 11.1 Å². The quantitative estimate of drug-likeness (QED) is 0.793. The first-order valence-corrected chi connectivity index (χ1v) is 6.05. The lowest BCUT2D eigenvalue weighted by Crippen LogP contribution is -2.17. The molecule has 0 saturated carbocycles. The van der Waals surface area contributed by atoms with Crippen molar-refractivity contribution in [1.29, 1.82) is 5.26 Å². The monoisotopic (exact) mass is 274 g/mol. The van der Waals surface area contributed by atoms with Crippen molar-refractivity contribution >= 4 is 11.4 Å². The van der Waals surface area contributed by atoms with E-state index in [4.69, 9.17) is 5.26 Å². The molecule has 0 N–H and O–H groups in total. The predicted molar refractivity (Wildman–Crippen MR) is 68.2 cm³/mol. The summed E-state index contributed by atoms with van der Waals surface area (Å²) in [6, 6.07) is 7.87. The van der Waals surface area contributed by atoms with Gasteiger partial charge >= 0.3 is 0 Å². The van der Waals surface area contributed by atoms with Crippen molar-refractivity contribution in [3.63, 3.8) is 0 Å². The first-order valence-electron chi connectivity index (χ1n) is 6.05. The molecule has 2 nitrogen and oxygen atoms in total. The summed E-state index contributed by atoms with van der Waals surface area (Å²) in [7, 11) is 0. The minimum Gasteiger partial charge on any atom is -0.336 e. The third-order valence-corrected chi connectivity index (χ3v) is 3.36. The van der Waals surface area contributed by atoms with Crippen molar-refractivity contribution in [2.75, 3.05) is 11.4 Å². The average Bonchev–Trinajstić information content (AvgIpc) is 2.81. The van der Waals surface area contributed by atoms with Crippen molar-refractivity contribution in [2.45, 2.75) is 6.42 Å². The number of nitrogens with zero attached hydrogens (tertiary/aromatic N) is 2. The molecule has 0 amide bonds. The van der Waals surface area contributed by atoms with Crippen LogP contribution in [0.2, 0.25) is 0 Å². The Morgan fingerprint density at radius 1 is 1.05 bits per heavy atom. The van der Waals surface area contributed by atoms with Crippen LogP contribution in [0.15, 0.2) is 30.3 Å². The molecular formula is C15H9F3N2. The zero-order valence-electron chi connectivity index (χ0n) is 10.3. The molecule has 1 heterocycles. The van der Waals surface area contributed by atoms with Gasteiger partial charge in [-0.25, -0.2) is 13.2 Å². The third-order valence-electron chi connectivity index (χ3n) is 3.36. The average molecular weight is 274 g/mol. The second-order valence-corrected chi connectivity index (χ2v) is 4.57. The first-order chi connectivity index (χ1) is 9.60. The highest BCUT2D eigenvalue weighted by atomic mass is 19.1. The van der Waals surface area contributed by atoms with Crippen molar-refractivity contribution in [1.82, 2.24) is 0 Å². The van der Waals surface area contributed by atoms with E-state index in [9.17, 15) is 13.2 Å². The van der Waals surface area contributed by atoms with Gasteiger partial charge in [0.2, 0.25) is 0 Å². The van der Waals surface area contributed by atoms with Gasteiger partial charge in [-0.2, -0.15) is 5.26 Å².